The average Bonchev–Trinajstić information content (AvgIpc) is 3.11. The Balaban J connectivity index is 1.47. The van der Waals surface area contributed by atoms with Crippen molar-refractivity contribution >= 4 is 17.2 Å². The van der Waals surface area contributed by atoms with Gasteiger partial charge in [-0.25, -0.2) is 4.98 Å². The van der Waals surface area contributed by atoms with Crippen molar-refractivity contribution in [3.05, 3.63) is 70.7 Å². The van der Waals surface area contributed by atoms with Crippen molar-refractivity contribution in [2.45, 2.75) is 39.7 Å². The van der Waals surface area contributed by atoms with Crippen molar-refractivity contribution in [3.8, 4) is 16.3 Å². The third kappa shape index (κ3) is 5.92. The summed E-state index contributed by atoms with van der Waals surface area (Å²) < 4.78 is 5.68. The highest BCUT2D eigenvalue weighted by atomic mass is 32.1. The van der Waals surface area contributed by atoms with Crippen LogP contribution in [0.5, 0.6) is 5.75 Å². The molecule has 0 saturated carbocycles. The number of amides is 1. The van der Waals surface area contributed by atoms with Gasteiger partial charge < -0.3 is 10.1 Å². The Morgan fingerprint density at radius 1 is 1.18 bits per heavy atom. The van der Waals surface area contributed by atoms with Crippen molar-refractivity contribution in [2.24, 2.45) is 0 Å². The number of carbonyl (C=O) groups is 1. The van der Waals surface area contributed by atoms with Crippen molar-refractivity contribution in [1.82, 2.24) is 10.3 Å². The van der Waals surface area contributed by atoms with Crippen LogP contribution in [-0.2, 0) is 17.6 Å². The van der Waals surface area contributed by atoms with Crippen LogP contribution in [-0.4, -0.2) is 23.5 Å². The fourth-order valence-corrected chi connectivity index (χ4v) is 3.69. The molecule has 3 rings (SSSR count). The van der Waals surface area contributed by atoms with Gasteiger partial charge in [-0.2, -0.15) is 0 Å². The Morgan fingerprint density at radius 3 is 2.71 bits per heavy atom. The van der Waals surface area contributed by atoms with Crippen LogP contribution < -0.4 is 10.1 Å². The van der Waals surface area contributed by atoms with Crippen LogP contribution in [0.2, 0.25) is 0 Å². The smallest absolute Gasteiger partial charge is 0.224 e. The van der Waals surface area contributed by atoms with E-state index in [1.807, 2.05) is 38.1 Å². The molecule has 0 atom stereocenters. The highest BCUT2D eigenvalue weighted by molar-refractivity contribution is 7.13. The van der Waals surface area contributed by atoms with E-state index < -0.39 is 0 Å². The van der Waals surface area contributed by atoms with Crippen molar-refractivity contribution in [1.29, 1.82) is 0 Å². The minimum Gasteiger partial charge on any atom is -0.491 e. The Bertz CT molecular complexity index is 916. The normalized spacial score (nSPS) is 10.9. The van der Waals surface area contributed by atoms with E-state index >= 15 is 0 Å². The first-order chi connectivity index (χ1) is 13.5. The van der Waals surface area contributed by atoms with Crippen LogP contribution in [0, 0.1) is 6.92 Å². The van der Waals surface area contributed by atoms with Gasteiger partial charge in [0.15, 0.2) is 0 Å². The van der Waals surface area contributed by atoms with Gasteiger partial charge in [0.25, 0.3) is 0 Å². The summed E-state index contributed by atoms with van der Waals surface area (Å²) in [6.07, 6.45) is 1.19. The predicted molar refractivity (Wildman–Crippen MR) is 115 cm³/mol. The van der Waals surface area contributed by atoms with Gasteiger partial charge in [-0.3, -0.25) is 4.79 Å². The predicted octanol–water partition coefficient (Wildman–Crippen LogP) is 4.81. The number of benzene rings is 2. The summed E-state index contributed by atoms with van der Waals surface area (Å²) >= 11 is 1.64. The number of hydrogen-bond acceptors (Lipinski definition) is 4. The number of carbonyl (C=O) groups excluding carboxylic acids is 1. The molecular weight excluding hydrogens is 368 g/mol. The topological polar surface area (TPSA) is 51.2 Å². The van der Waals surface area contributed by atoms with Crippen molar-refractivity contribution in [2.75, 3.05) is 6.54 Å². The largest absolute Gasteiger partial charge is 0.491 e. The van der Waals surface area contributed by atoms with E-state index in [4.69, 9.17) is 4.74 Å². The molecule has 146 valence electrons. The molecule has 1 amide bonds. The molecule has 1 aromatic heterocycles. The van der Waals surface area contributed by atoms with Gasteiger partial charge in [-0.05, 0) is 38.5 Å². The van der Waals surface area contributed by atoms with Crippen LogP contribution in [0.3, 0.4) is 0 Å². The highest BCUT2D eigenvalue weighted by Crippen LogP contribution is 2.24. The number of aryl methyl sites for hydroxylation is 1. The molecule has 0 unspecified atom stereocenters. The van der Waals surface area contributed by atoms with Gasteiger partial charge in [0, 0.05) is 23.9 Å². The van der Waals surface area contributed by atoms with E-state index in [-0.39, 0.29) is 12.0 Å². The lowest BCUT2D eigenvalue weighted by Gasteiger charge is -2.11. The Morgan fingerprint density at radius 2 is 1.96 bits per heavy atom. The van der Waals surface area contributed by atoms with Crippen LogP contribution in [0.25, 0.3) is 10.6 Å². The Hall–Kier alpha value is -2.66. The monoisotopic (exact) mass is 394 g/mol. The lowest BCUT2D eigenvalue weighted by Crippen LogP contribution is -2.27. The number of hydrogen-bond donors (Lipinski definition) is 1. The van der Waals surface area contributed by atoms with E-state index in [2.05, 4.69) is 46.9 Å². The summed E-state index contributed by atoms with van der Waals surface area (Å²) in [5.74, 6) is 0.807. The molecule has 0 aliphatic heterocycles. The lowest BCUT2D eigenvalue weighted by atomic mass is 10.1. The minimum atomic E-state index is 0.00989. The average molecular weight is 395 g/mol. The van der Waals surface area contributed by atoms with Gasteiger partial charge >= 0.3 is 0 Å². The number of nitrogens with zero attached hydrogens (tertiary/aromatic N) is 1. The lowest BCUT2D eigenvalue weighted by molar-refractivity contribution is -0.120. The third-order valence-electron chi connectivity index (χ3n) is 4.19. The maximum atomic E-state index is 12.2. The molecule has 0 saturated heterocycles. The molecule has 0 aliphatic rings. The van der Waals surface area contributed by atoms with Gasteiger partial charge in [-0.1, -0.05) is 42.0 Å². The first kappa shape index (κ1) is 20.1. The second-order valence-corrected chi connectivity index (χ2v) is 7.96. The molecule has 0 fully saturated rings. The summed E-state index contributed by atoms with van der Waals surface area (Å²) in [4.78, 5) is 16.9. The maximum Gasteiger partial charge on any atom is 0.224 e. The molecule has 0 spiro atoms. The molecular formula is C23H26N2O2S. The van der Waals surface area contributed by atoms with Gasteiger partial charge in [0.05, 0.1) is 18.2 Å². The summed E-state index contributed by atoms with van der Waals surface area (Å²) in [7, 11) is 0. The molecule has 1 N–H and O–H groups in total. The van der Waals surface area contributed by atoms with Gasteiger partial charge in [0.2, 0.25) is 5.91 Å². The van der Waals surface area contributed by atoms with E-state index in [1.165, 1.54) is 5.56 Å². The molecule has 0 aliphatic carbocycles. The zero-order valence-corrected chi connectivity index (χ0v) is 17.4. The zero-order chi connectivity index (χ0) is 19.9. The summed E-state index contributed by atoms with van der Waals surface area (Å²) in [6, 6.07) is 16.1. The Kier molecular flexibility index (Phi) is 6.82. The van der Waals surface area contributed by atoms with E-state index in [9.17, 15) is 4.79 Å². The number of ether oxygens (including phenoxy) is 1. The van der Waals surface area contributed by atoms with Crippen LogP contribution in [0.15, 0.2) is 53.9 Å². The van der Waals surface area contributed by atoms with Gasteiger partial charge in [-0.15, -0.1) is 11.3 Å². The SMILES string of the molecule is Cc1ccc(-c2nc(CCNC(=O)Cc3cccc(OC(C)C)c3)cs2)cc1. The summed E-state index contributed by atoms with van der Waals surface area (Å²) in [5, 5.41) is 6.06. The van der Waals surface area contributed by atoms with Crippen LogP contribution in [0.1, 0.15) is 30.7 Å². The zero-order valence-electron chi connectivity index (χ0n) is 16.6. The molecule has 4 nitrogen and oxygen atoms in total. The highest BCUT2D eigenvalue weighted by Gasteiger charge is 2.07. The second-order valence-electron chi connectivity index (χ2n) is 7.10. The first-order valence-electron chi connectivity index (χ1n) is 9.53. The van der Waals surface area contributed by atoms with Gasteiger partial charge in [0.1, 0.15) is 10.8 Å². The molecule has 28 heavy (non-hydrogen) atoms. The second kappa shape index (κ2) is 9.51. The molecule has 3 aromatic rings. The third-order valence-corrected chi connectivity index (χ3v) is 5.13. The van der Waals surface area contributed by atoms with Crippen molar-refractivity contribution in [3.63, 3.8) is 0 Å². The van der Waals surface area contributed by atoms with Crippen LogP contribution >= 0.6 is 11.3 Å². The quantitative estimate of drug-likeness (QED) is 0.597. The minimum absolute atomic E-state index is 0.00989. The molecule has 0 radical (unpaired) electrons. The fraction of sp³-hybridized carbons (Fsp3) is 0.304. The van der Waals surface area contributed by atoms with Crippen molar-refractivity contribution < 1.29 is 9.53 Å². The number of nitrogens with one attached hydrogen (secondary N) is 1. The molecule has 2 aromatic carbocycles. The molecule has 1 heterocycles. The van der Waals surface area contributed by atoms with E-state index in [1.54, 1.807) is 11.3 Å². The standard InChI is InChI=1S/C23H26N2O2S/c1-16(2)27-21-6-4-5-18(13-21)14-22(26)24-12-11-20-15-28-23(25-20)19-9-7-17(3)8-10-19/h4-10,13,15-16H,11-12,14H2,1-3H3,(H,24,26). The van der Waals surface area contributed by atoms with E-state index in [0.717, 1.165) is 34.0 Å². The first-order valence-corrected chi connectivity index (χ1v) is 10.4. The number of rotatable bonds is 8. The fourth-order valence-electron chi connectivity index (χ4n) is 2.83. The summed E-state index contributed by atoms with van der Waals surface area (Å²) in [6.45, 7) is 6.63. The van der Waals surface area contributed by atoms with E-state index in [0.29, 0.717) is 13.0 Å². The summed E-state index contributed by atoms with van der Waals surface area (Å²) in [5.41, 5.74) is 4.33. The molecule has 0 bridgehead atoms. The van der Waals surface area contributed by atoms with Crippen LogP contribution in [0.4, 0.5) is 0 Å². The molecule has 5 heteroatoms. The maximum absolute atomic E-state index is 12.2. The Labute approximate surface area is 170 Å². The number of thiazole rings is 1. The number of aromatic nitrogens is 1.